The van der Waals surface area contributed by atoms with Crippen molar-refractivity contribution in [3.63, 3.8) is 0 Å². The first kappa shape index (κ1) is 17.6. The predicted octanol–water partition coefficient (Wildman–Crippen LogP) is 1.58. The van der Waals surface area contributed by atoms with Crippen LogP contribution >= 0.6 is 11.3 Å². The van der Waals surface area contributed by atoms with Crippen molar-refractivity contribution in [1.29, 1.82) is 0 Å². The fraction of sp³-hybridized carbons (Fsp3) is 0.474. The molecular formula is C19H23N3O3S. The molecule has 1 N–H and O–H groups in total. The molecule has 0 radical (unpaired) electrons. The van der Waals surface area contributed by atoms with Gasteiger partial charge < -0.3 is 14.7 Å². The van der Waals surface area contributed by atoms with Crippen LogP contribution in [0.4, 0.5) is 0 Å². The summed E-state index contributed by atoms with van der Waals surface area (Å²) in [5, 5.41) is 13.4. The van der Waals surface area contributed by atoms with Crippen LogP contribution in [0, 0.1) is 0 Å². The van der Waals surface area contributed by atoms with Crippen LogP contribution in [0.5, 0.6) is 0 Å². The second-order valence-corrected chi connectivity index (χ2v) is 7.55. The van der Waals surface area contributed by atoms with Gasteiger partial charge in [-0.25, -0.2) is 4.98 Å². The molecule has 138 valence electrons. The number of aliphatic hydroxyl groups is 1. The van der Waals surface area contributed by atoms with E-state index in [1.54, 1.807) is 10.9 Å². The maximum Gasteiger partial charge on any atom is 0.273 e. The standard InChI is InChI=1S/C19H23N3O3S/c23-18(16-13-26-14-20-16)22-7-6-19(24,15-4-2-1-3-5-15)17(12-22)21-8-10-25-11-9-21/h1-5,13-14,17,24H,6-12H2/t17-,19+/m1/s1. The highest BCUT2D eigenvalue weighted by molar-refractivity contribution is 7.07. The summed E-state index contributed by atoms with van der Waals surface area (Å²) in [6.45, 7) is 3.84. The predicted molar refractivity (Wildman–Crippen MR) is 99.2 cm³/mol. The lowest BCUT2D eigenvalue weighted by molar-refractivity contribution is -0.112. The van der Waals surface area contributed by atoms with Crippen LogP contribution < -0.4 is 0 Å². The second-order valence-electron chi connectivity index (χ2n) is 6.83. The Bertz CT molecular complexity index is 734. The number of likely N-dealkylation sites (tertiary alicyclic amines) is 1. The smallest absolute Gasteiger partial charge is 0.273 e. The highest BCUT2D eigenvalue weighted by Gasteiger charge is 2.47. The summed E-state index contributed by atoms with van der Waals surface area (Å²) in [4.78, 5) is 21.0. The van der Waals surface area contributed by atoms with Crippen LogP contribution in [-0.2, 0) is 10.3 Å². The summed E-state index contributed by atoms with van der Waals surface area (Å²) < 4.78 is 5.49. The van der Waals surface area contributed by atoms with Crippen molar-refractivity contribution in [2.45, 2.75) is 18.1 Å². The number of benzene rings is 1. The summed E-state index contributed by atoms with van der Waals surface area (Å²) in [7, 11) is 0. The third kappa shape index (κ3) is 3.27. The van der Waals surface area contributed by atoms with Gasteiger partial charge in [0.05, 0.1) is 24.8 Å². The molecule has 0 unspecified atom stereocenters. The maximum absolute atomic E-state index is 12.8. The minimum Gasteiger partial charge on any atom is -0.383 e. The van der Waals surface area contributed by atoms with E-state index in [0.29, 0.717) is 38.4 Å². The third-order valence-corrected chi connectivity index (χ3v) is 5.99. The van der Waals surface area contributed by atoms with Crippen LogP contribution in [0.15, 0.2) is 41.2 Å². The number of ether oxygens (including phenoxy) is 1. The van der Waals surface area contributed by atoms with Crippen LogP contribution in [0.1, 0.15) is 22.5 Å². The molecule has 1 amide bonds. The van der Waals surface area contributed by atoms with Crippen LogP contribution in [-0.4, -0.2) is 71.2 Å². The molecule has 4 rings (SSSR count). The molecular weight excluding hydrogens is 350 g/mol. The van der Waals surface area contributed by atoms with Crippen molar-refractivity contribution in [2.24, 2.45) is 0 Å². The zero-order chi connectivity index (χ0) is 18.0. The fourth-order valence-electron chi connectivity index (χ4n) is 3.96. The molecule has 1 aromatic heterocycles. The van der Waals surface area contributed by atoms with E-state index < -0.39 is 5.60 Å². The largest absolute Gasteiger partial charge is 0.383 e. The number of rotatable bonds is 3. The number of hydrogen-bond acceptors (Lipinski definition) is 6. The average molecular weight is 373 g/mol. The number of piperidine rings is 1. The molecule has 2 atom stereocenters. The van der Waals surface area contributed by atoms with E-state index in [-0.39, 0.29) is 11.9 Å². The normalized spacial score (nSPS) is 27.4. The Morgan fingerprint density at radius 3 is 2.69 bits per heavy atom. The summed E-state index contributed by atoms with van der Waals surface area (Å²) in [5.41, 5.74) is 2.10. The quantitative estimate of drug-likeness (QED) is 0.885. The van der Waals surface area contributed by atoms with Crippen molar-refractivity contribution in [2.75, 3.05) is 39.4 Å². The number of hydrogen-bond donors (Lipinski definition) is 1. The molecule has 2 saturated heterocycles. The topological polar surface area (TPSA) is 65.9 Å². The van der Waals surface area contributed by atoms with E-state index in [9.17, 15) is 9.90 Å². The van der Waals surface area contributed by atoms with Crippen LogP contribution in [0.2, 0.25) is 0 Å². The Morgan fingerprint density at radius 2 is 2.00 bits per heavy atom. The Morgan fingerprint density at radius 1 is 1.23 bits per heavy atom. The average Bonchev–Trinajstić information content (AvgIpc) is 3.24. The lowest BCUT2D eigenvalue weighted by Crippen LogP contribution is -2.63. The minimum absolute atomic E-state index is 0.0559. The molecule has 2 aliphatic rings. The van der Waals surface area contributed by atoms with E-state index in [0.717, 1.165) is 18.7 Å². The zero-order valence-corrected chi connectivity index (χ0v) is 15.4. The molecule has 2 aromatic rings. The Kier molecular flexibility index (Phi) is 5.04. The van der Waals surface area contributed by atoms with Crippen molar-refractivity contribution >= 4 is 17.2 Å². The molecule has 6 nitrogen and oxygen atoms in total. The van der Waals surface area contributed by atoms with E-state index in [4.69, 9.17) is 4.74 Å². The van der Waals surface area contributed by atoms with Crippen molar-refractivity contribution in [1.82, 2.24) is 14.8 Å². The van der Waals surface area contributed by atoms with Gasteiger partial charge in [0, 0.05) is 31.6 Å². The first-order chi connectivity index (χ1) is 12.7. The van der Waals surface area contributed by atoms with Gasteiger partial charge in [-0.2, -0.15) is 0 Å². The van der Waals surface area contributed by atoms with Gasteiger partial charge in [0.2, 0.25) is 0 Å². The minimum atomic E-state index is -0.975. The molecule has 2 aliphatic heterocycles. The van der Waals surface area contributed by atoms with Gasteiger partial charge >= 0.3 is 0 Å². The fourth-order valence-corrected chi connectivity index (χ4v) is 4.48. The number of thiazole rings is 1. The van der Waals surface area contributed by atoms with Gasteiger partial charge in [0.15, 0.2) is 0 Å². The number of nitrogens with zero attached hydrogens (tertiary/aromatic N) is 3. The van der Waals surface area contributed by atoms with E-state index >= 15 is 0 Å². The third-order valence-electron chi connectivity index (χ3n) is 5.41. The lowest BCUT2D eigenvalue weighted by Gasteiger charge is -2.50. The van der Waals surface area contributed by atoms with Gasteiger partial charge in [-0.15, -0.1) is 11.3 Å². The molecule has 0 aliphatic carbocycles. The molecule has 2 fully saturated rings. The maximum atomic E-state index is 12.8. The van der Waals surface area contributed by atoms with Gasteiger partial charge in [-0.3, -0.25) is 9.69 Å². The summed E-state index contributed by atoms with van der Waals surface area (Å²) in [6.07, 6.45) is 0.509. The van der Waals surface area contributed by atoms with Crippen molar-refractivity contribution < 1.29 is 14.6 Å². The van der Waals surface area contributed by atoms with E-state index in [2.05, 4.69) is 9.88 Å². The van der Waals surface area contributed by atoms with Gasteiger partial charge in [-0.1, -0.05) is 30.3 Å². The highest BCUT2D eigenvalue weighted by Crippen LogP contribution is 2.36. The van der Waals surface area contributed by atoms with Crippen LogP contribution in [0.3, 0.4) is 0 Å². The molecule has 1 aromatic carbocycles. The summed E-state index contributed by atoms with van der Waals surface area (Å²) >= 11 is 1.42. The Labute approximate surface area is 157 Å². The molecule has 26 heavy (non-hydrogen) atoms. The highest BCUT2D eigenvalue weighted by atomic mass is 32.1. The number of aromatic nitrogens is 1. The number of carbonyl (C=O) groups is 1. The first-order valence-electron chi connectivity index (χ1n) is 8.95. The lowest BCUT2D eigenvalue weighted by atomic mass is 9.79. The zero-order valence-electron chi connectivity index (χ0n) is 14.6. The molecule has 0 bridgehead atoms. The molecule has 0 spiro atoms. The summed E-state index contributed by atoms with van der Waals surface area (Å²) in [6, 6.07) is 9.66. The SMILES string of the molecule is O=C(c1cscn1)N1CC[C@](O)(c2ccccc2)[C@H](N2CCOCC2)C1. The molecule has 7 heteroatoms. The van der Waals surface area contributed by atoms with Gasteiger partial charge in [0.1, 0.15) is 11.3 Å². The van der Waals surface area contributed by atoms with Gasteiger partial charge in [0.25, 0.3) is 5.91 Å². The van der Waals surface area contributed by atoms with E-state index in [1.807, 2.05) is 35.2 Å². The van der Waals surface area contributed by atoms with Crippen LogP contribution in [0.25, 0.3) is 0 Å². The monoisotopic (exact) mass is 373 g/mol. The van der Waals surface area contributed by atoms with Crippen molar-refractivity contribution in [3.8, 4) is 0 Å². The van der Waals surface area contributed by atoms with Gasteiger partial charge in [-0.05, 0) is 12.0 Å². The molecule has 3 heterocycles. The second kappa shape index (κ2) is 7.44. The number of carbonyl (C=O) groups excluding carboxylic acids is 1. The Hall–Kier alpha value is -1.80. The first-order valence-corrected chi connectivity index (χ1v) is 9.90. The Balaban J connectivity index is 1.62. The van der Waals surface area contributed by atoms with Crippen molar-refractivity contribution in [3.05, 3.63) is 52.5 Å². The molecule has 0 saturated carbocycles. The number of amides is 1. The number of morpholine rings is 1. The van der Waals surface area contributed by atoms with E-state index in [1.165, 1.54) is 11.3 Å². The summed E-state index contributed by atoms with van der Waals surface area (Å²) in [5.74, 6) is -0.0559.